The molecule has 3 nitrogen and oxygen atoms in total. The predicted octanol–water partition coefficient (Wildman–Crippen LogP) is 5.09. The number of aromatic nitrogens is 1. The van der Waals surface area contributed by atoms with Crippen LogP contribution in [0.5, 0.6) is 0 Å². The molecular weight excluding hydrogens is 318 g/mol. The van der Waals surface area contributed by atoms with Gasteiger partial charge in [-0.05, 0) is 35.9 Å². The van der Waals surface area contributed by atoms with Gasteiger partial charge in [-0.2, -0.15) is 5.10 Å². The Kier molecular flexibility index (Phi) is 4.01. The number of hydrogen-bond acceptors (Lipinski definition) is 3. The average Bonchev–Trinajstić information content (AvgIpc) is 3.09. The van der Waals surface area contributed by atoms with Crippen molar-refractivity contribution in [1.82, 2.24) is 4.98 Å². The van der Waals surface area contributed by atoms with Crippen molar-refractivity contribution in [3.8, 4) is 0 Å². The molecule has 0 N–H and O–H groups in total. The van der Waals surface area contributed by atoms with Gasteiger partial charge in [-0.3, -0.25) is 9.99 Å². The third kappa shape index (κ3) is 2.91. The molecule has 3 aromatic rings. The highest BCUT2D eigenvalue weighted by molar-refractivity contribution is 6.30. The summed E-state index contributed by atoms with van der Waals surface area (Å²) >= 11 is 6.03. The molecule has 0 saturated heterocycles. The summed E-state index contributed by atoms with van der Waals surface area (Å²) in [6.07, 6.45) is 4.50. The van der Waals surface area contributed by atoms with Crippen LogP contribution in [0.4, 0.5) is 5.69 Å². The topological polar surface area (TPSA) is 28.5 Å². The highest BCUT2D eigenvalue weighted by Gasteiger charge is 2.29. The van der Waals surface area contributed by atoms with E-state index in [0.717, 1.165) is 28.4 Å². The van der Waals surface area contributed by atoms with Crippen molar-refractivity contribution in [3.63, 3.8) is 0 Å². The van der Waals surface area contributed by atoms with Gasteiger partial charge in [0, 0.05) is 29.4 Å². The third-order valence-electron chi connectivity index (χ3n) is 4.18. The van der Waals surface area contributed by atoms with Gasteiger partial charge in [-0.1, -0.05) is 48.0 Å². The fraction of sp³-hybridized carbons (Fsp3) is 0.100. The van der Waals surface area contributed by atoms with Crippen molar-refractivity contribution in [1.29, 1.82) is 0 Å². The fourth-order valence-electron chi connectivity index (χ4n) is 2.98. The van der Waals surface area contributed by atoms with Crippen molar-refractivity contribution in [2.45, 2.75) is 12.5 Å². The maximum absolute atomic E-state index is 6.03. The molecule has 4 rings (SSSR count). The van der Waals surface area contributed by atoms with Crippen LogP contribution in [0.2, 0.25) is 5.02 Å². The summed E-state index contributed by atoms with van der Waals surface area (Å²) in [4.78, 5) is 4.22. The molecule has 0 saturated carbocycles. The lowest BCUT2D eigenvalue weighted by molar-refractivity contribution is 0.709. The van der Waals surface area contributed by atoms with Crippen molar-refractivity contribution in [2.24, 2.45) is 5.10 Å². The summed E-state index contributed by atoms with van der Waals surface area (Å²) in [5.41, 5.74) is 4.39. The first-order valence-electron chi connectivity index (χ1n) is 7.89. The number of hydrogen-bond donors (Lipinski definition) is 0. The van der Waals surface area contributed by atoms with E-state index in [1.165, 1.54) is 5.56 Å². The molecule has 0 unspecified atom stereocenters. The third-order valence-corrected chi connectivity index (χ3v) is 4.43. The number of nitrogens with zero attached hydrogens (tertiary/aromatic N) is 3. The van der Waals surface area contributed by atoms with Gasteiger partial charge >= 0.3 is 0 Å². The van der Waals surface area contributed by atoms with E-state index in [1.54, 1.807) is 6.20 Å². The number of rotatable bonds is 3. The Morgan fingerprint density at radius 3 is 2.42 bits per heavy atom. The molecule has 118 valence electrons. The monoisotopic (exact) mass is 333 g/mol. The lowest BCUT2D eigenvalue weighted by Crippen LogP contribution is -2.18. The molecule has 2 aromatic carbocycles. The summed E-state index contributed by atoms with van der Waals surface area (Å²) in [6, 6.07) is 22.4. The van der Waals surface area contributed by atoms with Gasteiger partial charge in [-0.25, -0.2) is 0 Å². The van der Waals surface area contributed by atoms with Crippen LogP contribution in [0.1, 0.15) is 23.6 Å². The van der Waals surface area contributed by atoms with E-state index >= 15 is 0 Å². The first kappa shape index (κ1) is 14.9. The number of benzene rings is 2. The SMILES string of the molecule is Clc1ccc(N2N=C(c3cccnc3)C[C@H]2c2ccccc2)cc1. The van der Waals surface area contributed by atoms with E-state index in [9.17, 15) is 0 Å². The second-order valence-electron chi connectivity index (χ2n) is 5.74. The number of pyridine rings is 1. The van der Waals surface area contributed by atoms with Gasteiger partial charge in [0.05, 0.1) is 17.4 Å². The molecule has 0 bridgehead atoms. The largest absolute Gasteiger partial charge is 0.264 e. The van der Waals surface area contributed by atoms with Gasteiger partial charge < -0.3 is 0 Å². The van der Waals surface area contributed by atoms with E-state index in [2.05, 4.69) is 40.3 Å². The van der Waals surface area contributed by atoms with Crippen LogP contribution in [-0.2, 0) is 0 Å². The number of halogens is 1. The minimum absolute atomic E-state index is 0.169. The van der Waals surface area contributed by atoms with Crippen LogP contribution < -0.4 is 5.01 Å². The average molecular weight is 334 g/mol. The molecule has 4 heteroatoms. The lowest BCUT2D eigenvalue weighted by atomic mass is 9.99. The molecule has 24 heavy (non-hydrogen) atoms. The summed E-state index contributed by atoms with van der Waals surface area (Å²) in [5, 5.41) is 7.69. The highest BCUT2D eigenvalue weighted by atomic mass is 35.5. The van der Waals surface area contributed by atoms with Crippen molar-refractivity contribution in [3.05, 3.63) is 95.3 Å². The lowest BCUT2D eigenvalue weighted by Gasteiger charge is -2.24. The first-order chi connectivity index (χ1) is 11.8. The van der Waals surface area contributed by atoms with Crippen LogP contribution in [0.25, 0.3) is 0 Å². The molecular formula is C20H16ClN3. The molecule has 1 aliphatic rings. The van der Waals surface area contributed by atoms with Crippen molar-refractivity contribution >= 4 is 23.0 Å². The van der Waals surface area contributed by atoms with Gasteiger partial charge in [0.25, 0.3) is 0 Å². The Hall–Kier alpha value is -2.65. The Labute approximate surface area is 146 Å². The van der Waals surface area contributed by atoms with E-state index < -0.39 is 0 Å². The Morgan fingerprint density at radius 2 is 1.71 bits per heavy atom. The minimum Gasteiger partial charge on any atom is -0.264 e. The van der Waals surface area contributed by atoms with Gasteiger partial charge in [0.15, 0.2) is 0 Å². The quantitative estimate of drug-likeness (QED) is 0.667. The highest BCUT2D eigenvalue weighted by Crippen LogP contribution is 2.36. The van der Waals surface area contributed by atoms with Crippen LogP contribution in [0.3, 0.4) is 0 Å². The van der Waals surface area contributed by atoms with Crippen LogP contribution in [0.15, 0.2) is 84.2 Å². The standard InChI is InChI=1S/C20H16ClN3/c21-17-8-10-18(11-9-17)24-20(15-5-2-1-3-6-15)13-19(23-24)16-7-4-12-22-14-16/h1-12,14,20H,13H2/t20-/m0/s1. The molecule has 0 aliphatic carbocycles. The van der Waals surface area contributed by atoms with E-state index in [-0.39, 0.29) is 6.04 Å². The summed E-state index contributed by atoms with van der Waals surface area (Å²) in [6.45, 7) is 0. The molecule has 0 spiro atoms. The minimum atomic E-state index is 0.169. The maximum Gasteiger partial charge on any atom is 0.0831 e. The van der Waals surface area contributed by atoms with Crippen molar-refractivity contribution in [2.75, 3.05) is 5.01 Å². The second-order valence-corrected chi connectivity index (χ2v) is 6.18. The maximum atomic E-state index is 6.03. The summed E-state index contributed by atoms with van der Waals surface area (Å²) < 4.78 is 0. The van der Waals surface area contributed by atoms with Crippen LogP contribution in [0, 0.1) is 0 Å². The first-order valence-corrected chi connectivity index (χ1v) is 8.27. The zero-order valence-corrected chi connectivity index (χ0v) is 13.8. The molecule has 0 amide bonds. The molecule has 0 radical (unpaired) electrons. The number of hydrazone groups is 1. The number of anilines is 1. The van der Waals surface area contributed by atoms with E-state index in [0.29, 0.717) is 0 Å². The summed E-state index contributed by atoms with van der Waals surface area (Å²) in [5.74, 6) is 0. The Bertz CT molecular complexity index is 845. The normalized spacial score (nSPS) is 17.0. The fourth-order valence-corrected chi connectivity index (χ4v) is 3.11. The van der Waals surface area contributed by atoms with Crippen molar-refractivity contribution < 1.29 is 0 Å². The smallest absolute Gasteiger partial charge is 0.0831 e. The summed E-state index contributed by atoms with van der Waals surface area (Å²) in [7, 11) is 0. The van der Waals surface area contributed by atoms with Crippen LogP contribution >= 0.6 is 11.6 Å². The second kappa shape index (κ2) is 6.46. The van der Waals surface area contributed by atoms with Crippen LogP contribution in [-0.4, -0.2) is 10.7 Å². The Balaban J connectivity index is 1.75. The molecule has 1 aliphatic heterocycles. The zero-order chi connectivity index (χ0) is 16.4. The molecule has 1 atom stereocenters. The van der Waals surface area contributed by atoms with Gasteiger partial charge in [0.1, 0.15) is 0 Å². The zero-order valence-electron chi connectivity index (χ0n) is 13.0. The van der Waals surface area contributed by atoms with Gasteiger partial charge in [-0.15, -0.1) is 0 Å². The predicted molar refractivity (Wildman–Crippen MR) is 98.5 cm³/mol. The molecule has 2 heterocycles. The van der Waals surface area contributed by atoms with Gasteiger partial charge in [0.2, 0.25) is 0 Å². The Morgan fingerprint density at radius 1 is 0.917 bits per heavy atom. The van der Waals surface area contributed by atoms with E-state index in [4.69, 9.17) is 16.7 Å². The molecule has 1 aromatic heterocycles. The van der Waals surface area contributed by atoms with E-state index in [1.807, 2.05) is 42.6 Å². The molecule has 0 fully saturated rings.